The average molecular weight is 266 g/mol. The van der Waals surface area contributed by atoms with Gasteiger partial charge in [-0.15, -0.1) is 0 Å². The van der Waals surface area contributed by atoms with Crippen LogP contribution in [0.5, 0.6) is 5.75 Å². The van der Waals surface area contributed by atoms with E-state index in [2.05, 4.69) is 17.9 Å². The van der Waals surface area contributed by atoms with Crippen molar-refractivity contribution < 1.29 is 14.3 Å². The topological polar surface area (TPSA) is 58.6 Å². The van der Waals surface area contributed by atoms with Crippen LogP contribution in [-0.2, 0) is 11.3 Å². The number of nitrogens with one attached hydrogen (secondary N) is 1. The summed E-state index contributed by atoms with van der Waals surface area (Å²) in [4.78, 5) is 24.4. The fourth-order valence-corrected chi connectivity index (χ4v) is 2.10. The lowest BCUT2D eigenvalue weighted by atomic mass is 10.1. The van der Waals surface area contributed by atoms with Crippen LogP contribution < -0.4 is 15.0 Å². The Kier molecular flexibility index (Phi) is 3.58. The molecule has 1 atom stereocenters. The summed E-state index contributed by atoms with van der Waals surface area (Å²) in [6.07, 6.45) is -0.677. The molecule has 6 heteroatoms. The van der Waals surface area contributed by atoms with Gasteiger partial charge >= 0.3 is 0 Å². The smallest absolute Gasteiger partial charge is 0.290 e. The lowest BCUT2D eigenvalue weighted by Gasteiger charge is -2.30. The van der Waals surface area contributed by atoms with Crippen molar-refractivity contribution in [3.8, 4) is 5.75 Å². The van der Waals surface area contributed by atoms with E-state index in [0.29, 0.717) is 18.0 Å². The number of carbonyl (C=O) groups is 2. The number of ether oxygens (including phenoxy) is 1. The number of rotatable bonds is 2. The highest BCUT2D eigenvalue weighted by Gasteiger charge is 2.34. The molecule has 0 aromatic heterocycles. The molecule has 2 rings (SSSR count). The third-order valence-corrected chi connectivity index (χ3v) is 2.91. The fraction of sp³-hybridized carbons (Fsp3) is 0.333. The normalized spacial score (nSPS) is 18.3. The molecule has 96 valence electrons. The third-order valence-electron chi connectivity index (χ3n) is 2.71. The van der Waals surface area contributed by atoms with E-state index >= 15 is 0 Å². The van der Waals surface area contributed by atoms with E-state index in [1.807, 2.05) is 13.1 Å². The van der Waals surface area contributed by atoms with Crippen molar-refractivity contribution in [2.45, 2.75) is 19.6 Å². The van der Waals surface area contributed by atoms with E-state index in [1.165, 1.54) is 0 Å². The maximum atomic E-state index is 11.9. The van der Waals surface area contributed by atoms with Gasteiger partial charge in [0, 0.05) is 6.54 Å². The molecule has 0 fully saturated rings. The number of thiol groups is 1. The summed E-state index contributed by atoms with van der Waals surface area (Å²) in [6, 6.07) is 5.40. The summed E-state index contributed by atoms with van der Waals surface area (Å²) in [5.74, 6) is 0.119. The molecule has 1 heterocycles. The van der Waals surface area contributed by atoms with E-state index in [1.54, 1.807) is 19.1 Å². The van der Waals surface area contributed by atoms with Crippen LogP contribution in [0.15, 0.2) is 18.2 Å². The molecule has 2 amide bonds. The van der Waals surface area contributed by atoms with E-state index in [4.69, 9.17) is 4.74 Å². The Morgan fingerprint density at radius 2 is 2.28 bits per heavy atom. The molecule has 1 aromatic carbocycles. The Labute approximate surface area is 111 Å². The highest BCUT2D eigenvalue weighted by molar-refractivity contribution is 7.97. The molecule has 1 aliphatic heterocycles. The van der Waals surface area contributed by atoms with E-state index in [-0.39, 0.29) is 0 Å². The molecule has 0 saturated carbocycles. The van der Waals surface area contributed by atoms with Gasteiger partial charge in [0.2, 0.25) is 0 Å². The minimum atomic E-state index is -0.677. The van der Waals surface area contributed by atoms with Crippen LogP contribution in [-0.4, -0.2) is 24.3 Å². The van der Waals surface area contributed by atoms with Gasteiger partial charge in [-0.3, -0.25) is 9.59 Å². The van der Waals surface area contributed by atoms with Crippen LogP contribution in [0.2, 0.25) is 0 Å². The SMILES string of the molecule is CNCc1ccc2c(c1)N(C(=O)S)C(=O)C(C)O2. The van der Waals surface area contributed by atoms with Gasteiger partial charge in [-0.2, -0.15) is 0 Å². The van der Waals surface area contributed by atoms with Crippen molar-refractivity contribution in [1.29, 1.82) is 0 Å². The first-order valence-electron chi connectivity index (χ1n) is 5.55. The summed E-state index contributed by atoms with van der Waals surface area (Å²) in [5.41, 5.74) is 1.41. The van der Waals surface area contributed by atoms with Gasteiger partial charge in [0.05, 0.1) is 5.69 Å². The number of amides is 2. The first-order valence-corrected chi connectivity index (χ1v) is 6.00. The van der Waals surface area contributed by atoms with Gasteiger partial charge in [0.15, 0.2) is 6.10 Å². The van der Waals surface area contributed by atoms with E-state index < -0.39 is 17.3 Å². The maximum Gasteiger partial charge on any atom is 0.290 e. The minimum Gasteiger partial charge on any atom is -0.479 e. The van der Waals surface area contributed by atoms with Crippen molar-refractivity contribution in [2.24, 2.45) is 0 Å². The van der Waals surface area contributed by atoms with Gasteiger partial charge in [-0.25, -0.2) is 4.90 Å². The maximum absolute atomic E-state index is 11.9. The number of imide groups is 1. The van der Waals surface area contributed by atoms with Crippen molar-refractivity contribution in [1.82, 2.24) is 5.32 Å². The molecule has 0 saturated heterocycles. The predicted molar refractivity (Wildman–Crippen MR) is 71.2 cm³/mol. The molecule has 1 N–H and O–H groups in total. The quantitative estimate of drug-likeness (QED) is 0.798. The molecule has 0 spiro atoms. The summed E-state index contributed by atoms with van der Waals surface area (Å²) >= 11 is 3.75. The van der Waals surface area contributed by atoms with E-state index in [9.17, 15) is 9.59 Å². The van der Waals surface area contributed by atoms with Crippen molar-refractivity contribution in [2.75, 3.05) is 11.9 Å². The van der Waals surface area contributed by atoms with Gasteiger partial charge < -0.3 is 10.1 Å². The Hall–Kier alpha value is -1.53. The molecule has 0 aliphatic carbocycles. The lowest BCUT2D eigenvalue weighted by molar-refractivity contribution is -0.124. The minimum absolute atomic E-state index is 0.399. The van der Waals surface area contributed by atoms with Crippen molar-refractivity contribution in [3.63, 3.8) is 0 Å². The number of carbonyl (C=O) groups excluding carboxylic acids is 2. The van der Waals surface area contributed by atoms with Crippen molar-refractivity contribution >= 4 is 29.5 Å². The first-order chi connectivity index (χ1) is 8.54. The van der Waals surface area contributed by atoms with Crippen LogP contribution in [0, 0.1) is 0 Å². The van der Waals surface area contributed by atoms with Crippen LogP contribution >= 0.6 is 12.6 Å². The molecule has 0 bridgehead atoms. The summed E-state index contributed by atoms with van der Waals surface area (Å²) in [5, 5.41) is 2.41. The summed E-state index contributed by atoms with van der Waals surface area (Å²) < 4.78 is 5.46. The van der Waals surface area contributed by atoms with E-state index in [0.717, 1.165) is 10.5 Å². The Morgan fingerprint density at radius 1 is 1.56 bits per heavy atom. The molecule has 1 unspecified atom stereocenters. The standard InChI is InChI=1S/C12H14N2O3S/c1-7-11(15)14(12(16)18)9-5-8(6-13-2)3-4-10(9)17-7/h3-5,7,13H,6H2,1-2H3,(H,16,18). The van der Waals surface area contributed by atoms with Gasteiger partial charge in [0.1, 0.15) is 5.75 Å². The molecule has 0 radical (unpaired) electrons. The average Bonchev–Trinajstić information content (AvgIpc) is 2.31. The highest BCUT2D eigenvalue weighted by Crippen LogP contribution is 2.35. The number of anilines is 1. The zero-order chi connectivity index (χ0) is 13.3. The summed E-state index contributed by atoms with van der Waals surface area (Å²) in [7, 11) is 1.82. The molecule has 1 aromatic rings. The van der Waals surface area contributed by atoms with Gasteiger partial charge in [0.25, 0.3) is 11.1 Å². The lowest BCUT2D eigenvalue weighted by Crippen LogP contribution is -2.45. The monoisotopic (exact) mass is 266 g/mol. The number of hydrogen-bond acceptors (Lipinski definition) is 4. The number of fused-ring (bicyclic) bond motifs is 1. The third kappa shape index (κ3) is 2.21. The molecular weight excluding hydrogens is 252 g/mol. The van der Waals surface area contributed by atoms with Gasteiger partial charge in [-0.05, 0) is 31.7 Å². The van der Waals surface area contributed by atoms with Crippen LogP contribution in [0.25, 0.3) is 0 Å². The zero-order valence-corrected chi connectivity index (χ0v) is 11.0. The second-order valence-electron chi connectivity index (χ2n) is 4.05. The highest BCUT2D eigenvalue weighted by atomic mass is 32.1. The Morgan fingerprint density at radius 3 is 2.89 bits per heavy atom. The second kappa shape index (κ2) is 4.99. The largest absolute Gasteiger partial charge is 0.479 e. The van der Waals surface area contributed by atoms with Crippen LogP contribution in [0.4, 0.5) is 10.5 Å². The fourth-order valence-electron chi connectivity index (χ4n) is 1.89. The van der Waals surface area contributed by atoms with Crippen molar-refractivity contribution in [3.05, 3.63) is 23.8 Å². The zero-order valence-electron chi connectivity index (χ0n) is 10.1. The molecular formula is C12H14N2O3S. The Balaban J connectivity index is 2.48. The van der Waals surface area contributed by atoms with Crippen LogP contribution in [0.1, 0.15) is 12.5 Å². The molecule has 1 aliphatic rings. The first kappa shape index (κ1) is 12.9. The summed E-state index contributed by atoms with van der Waals surface area (Å²) in [6.45, 7) is 2.25. The van der Waals surface area contributed by atoms with Crippen LogP contribution in [0.3, 0.4) is 0 Å². The number of nitrogens with zero attached hydrogens (tertiary/aromatic N) is 1. The number of benzene rings is 1. The van der Waals surface area contributed by atoms with Gasteiger partial charge in [-0.1, -0.05) is 18.7 Å². The number of hydrogen-bond donors (Lipinski definition) is 2. The Bertz CT molecular complexity index is 504. The predicted octanol–water partition coefficient (Wildman–Crippen LogP) is 1.57. The second-order valence-corrected chi connectivity index (χ2v) is 4.43. The molecule has 18 heavy (non-hydrogen) atoms. The molecule has 5 nitrogen and oxygen atoms in total.